The summed E-state index contributed by atoms with van der Waals surface area (Å²) >= 11 is 0. The van der Waals surface area contributed by atoms with Gasteiger partial charge in [-0.3, -0.25) is 4.79 Å². The van der Waals surface area contributed by atoms with Crippen LogP contribution in [0.4, 0.5) is 0 Å². The van der Waals surface area contributed by atoms with E-state index in [1.807, 2.05) is 24.3 Å². The van der Waals surface area contributed by atoms with Crippen molar-refractivity contribution in [1.82, 2.24) is 9.21 Å². The van der Waals surface area contributed by atoms with Crippen LogP contribution in [0.2, 0.25) is 0 Å². The number of rotatable bonds is 5. The summed E-state index contributed by atoms with van der Waals surface area (Å²) in [4.78, 5) is 14.6. The highest BCUT2D eigenvalue weighted by molar-refractivity contribution is 7.89. The molecule has 3 atom stereocenters. The Kier molecular flexibility index (Phi) is 6.38. The molecule has 0 aliphatic carbocycles. The molecule has 1 amide bonds. The highest BCUT2D eigenvalue weighted by Gasteiger charge is 2.55. The van der Waals surface area contributed by atoms with Crippen molar-refractivity contribution in [3.8, 4) is 11.8 Å². The van der Waals surface area contributed by atoms with E-state index >= 15 is 0 Å². The summed E-state index contributed by atoms with van der Waals surface area (Å²) in [6.45, 7) is 4.10. The molecule has 2 aromatic carbocycles. The van der Waals surface area contributed by atoms with Gasteiger partial charge in [0.15, 0.2) is 0 Å². The molecule has 2 aliphatic heterocycles. The van der Waals surface area contributed by atoms with Crippen molar-refractivity contribution in [1.29, 1.82) is 0 Å². The number of sulfonamides is 1. The van der Waals surface area contributed by atoms with E-state index in [2.05, 4.69) is 25.7 Å². The Morgan fingerprint density at radius 2 is 1.78 bits per heavy atom. The molecule has 0 saturated carbocycles. The summed E-state index contributed by atoms with van der Waals surface area (Å²) in [5, 5.41) is 9.95. The van der Waals surface area contributed by atoms with Crippen LogP contribution in [0.3, 0.4) is 0 Å². The molecular weight excluding hydrogens is 424 g/mol. The van der Waals surface area contributed by atoms with Gasteiger partial charge in [0, 0.05) is 24.4 Å². The number of benzene rings is 2. The summed E-state index contributed by atoms with van der Waals surface area (Å²) in [5.41, 5.74) is 1.89. The Bertz CT molecular complexity index is 1130. The SMILES string of the molecule is CC(C)CC#Cc1ccc([C@@H]2[C@@H](CO)N3C(=O)CN(S(=O)(=O)c4ccccc4)C[C@@H]23)cc1. The first-order chi connectivity index (χ1) is 15.3. The Balaban J connectivity index is 1.56. The maximum Gasteiger partial charge on any atom is 0.243 e. The summed E-state index contributed by atoms with van der Waals surface area (Å²) in [6, 6.07) is 15.4. The zero-order chi connectivity index (χ0) is 22.9. The lowest BCUT2D eigenvalue weighted by molar-refractivity contribution is -0.158. The molecule has 6 nitrogen and oxygen atoms in total. The fourth-order valence-corrected chi connectivity index (χ4v) is 5.97. The van der Waals surface area contributed by atoms with Crippen LogP contribution in [-0.2, 0) is 14.8 Å². The van der Waals surface area contributed by atoms with Crippen LogP contribution in [0.5, 0.6) is 0 Å². The highest BCUT2D eigenvalue weighted by Crippen LogP contribution is 2.43. The van der Waals surface area contributed by atoms with Gasteiger partial charge in [0.25, 0.3) is 0 Å². The maximum absolute atomic E-state index is 13.1. The lowest BCUT2D eigenvalue weighted by Crippen LogP contribution is -2.73. The monoisotopic (exact) mass is 452 g/mol. The predicted molar refractivity (Wildman–Crippen MR) is 122 cm³/mol. The molecule has 2 heterocycles. The van der Waals surface area contributed by atoms with Crippen LogP contribution in [0.25, 0.3) is 0 Å². The third kappa shape index (κ3) is 4.18. The molecule has 2 aliphatic rings. The minimum atomic E-state index is -3.77. The number of hydrogen-bond donors (Lipinski definition) is 1. The van der Waals surface area contributed by atoms with Crippen molar-refractivity contribution in [2.24, 2.45) is 5.92 Å². The summed E-state index contributed by atoms with van der Waals surface area (Å²) in [7, 11) is -3.77. The molecule has 0 aromatic heterocycles. The minimum absolute atomic E-state index is 0.129. The number of amides is 1. The van der Waals surface area contributed by atoms with Crippen LogP contribution in [0.1, 0.15) is 37.3 Å². The Morgan fingerprint density at radius 3 is 2.41 bits per heavy atom. The second-order valence-corrected chi connectivity index (χ2v) is 10.7. The lowest BCUT2D eigenvalue weighted by atomic mass is 9.74. The Hall–Kier alpha value is -2.66. The Morgan fingerprint density at radius 1 is 1.09 bits per heavy atom. The zero-order valence-corrected chi connectivity index (χ0v) is 19.1. The van der Waals surface area contributed by atoms with Crippen LogP contribution in [-0.4, -0.2) is 60.4 Å². The average molecular weight is 453 g/mol. The third-order valence-electron chi connectivity index (χ3n) is 6.14. The molecule has 168 valence electrons. The van der Waals surface area contributed by atoms with Gasteiger partial charge >= 0.3 is 0 Å². The molecule has 2 fully saturated rings. The van der Waals surface area contributed by atoms with Gasteiger partial charge in [0.1, 0.15) is 0 Å². The second kappa shape index (κ2) is 9.07. The first-order valence-corrected chi connectivity index (χ1v) is 12.3. The van der Waals surface area contributed by atoms with Gasteiger partial charge in [-0.15, -0.1) is 0 Å². The predicted octanol–water partition coefficient (Wildman–Crippen LogP) is 2.44. The number of piperazine rings is 1. The molecule has 0 bridgehead atoms. The lowest BCUT2D eigenvalue weighted by Gasteiger charge is -2.58. The summed E-state index contributed by atoms with van der Waals surface area (Å²) in [6.07, 6.45) is 0.835. The molecule has 32 heavy (non-hydrogen) atoms. The molecule has 2 saturated heterocycles. The van der Waals surface area contributed by atoms with E-state index in [1.54, 1.807) is 35.2 Å². The van der Waals surface area contributed by atoms with Crippen LogP contribution in [0, 0.1) is 17.8 Å². The van der Waals surface area contributed by atoms with Gasteiger partial charge in [-0.2, -0.15) is 4.31 Å². The van der Waals surface area contributed by atoms with E-state index in [1.165, 1.54) is 4.31 Å². The first-order valence-electron chi connectivity index (χ1n) is 10.9. The van der Waals surface area contributed by atoms with E-state index < -0.39 is 10.0 Å². The standard InChI is InChI=1S/C25H28N2O4S/c1-18(2)7-6-8-19-11-13-20(14-12-19)25-22-15-26(16-24(29)27(22)23(25)17-28)32(30,31)21-9-4-3-5-10-21/h3-5,9-14,18,22-23,25,28H,7,15-17H2,1-2H3/t22-,23+,25-/m0/s1. The number of carbonyl (C=O) groups excluding carboxylic acids is 1. The number of carbonyl (C=O) groups is 1. The van der Waals surface area contributed by atoms with E-state index in [-0.39, 0.29) is 48.5 Å². The largest absolute Gasteiger partial charge is 0.394 e. The fraction of sp³-hybridized carbons (Fsp3) is 0.400. The normalized spacial score (nSPS) is 23.3. The number of aliphatic hydroxyl groups excluding tert-OH is 1. The number of hydrogen-bond acceptors (Lipinski definition) is 4. The minimum Gasteiger partial charge on any atom is -0.394 e. The summed E-state index contributed by atoms with van der Waals surface area (Å²) in [5.74, 6) is 6.45. The van der Waals surface area contributed by atoms with Crippen molar-refractivity contribution < 1.29 is 18.3 Å². The van der Waals surface area contributed by atoms with Crippen molar-refractivity contribution in [2.45, 2.75) is 43.2 Å². The number of nitrogens with zero attached hydrogens (tertiary/aromatic N) is 2. The Labute approximate surface area is 189 Å². The van der Waals surface area contributed by atoms with Crippen molar-refractivity contribution >= 4 is 15.9 Å². The molecule has 7 heteroatoms. The van der Waals surface area contributed by atoms with Crippen molar-refractivity contribution in [3.63, 3.8) is 0 Å². The van der Waals surface area contributed by atoms with Gasteiger partial charge in [0.2, 0.25) is 15.9 Å². The molecular formula is C25H28N2O4S. The number of aliphatic hydroxyl groups is 1. The molecule has 1 N–H and O–H groups in total. The maximum atomic E-state index is 13.1. The second-order valence-electron chi connectivity index (χ2n) is 8.78. The zero-order valence-electron chi connectivity index (χ0n) is 18.3. The molecule has 4 rings (SSSR count). The molecule has 0 radical (unpaired) electrons. The summed E-state index contributed by atoms with van der Waals surface area (Å²) < 4.78 is 27.4. The van der Waals surface area contributed by atoms with E-state index in [0.717, 1.165) is 17.5 Å². The van der Waals surface area contributed by atoms with Gasteiger partial charge in [-0.1, -0.05) is 56.0 Å². The highest BCUT2D eigenvalue weighted by atomic mass is 32.2. The van der Waals surface area contributed by atoms with Crippen molar-refractivity contribution in [2.75, 3.05) is 19.7 Å². The molecule has 0 spiro atoms. The topological polar surface area (TPSA) is 77.9 Å². The van der Waals surface area contributed by atoms with Crippen molar-refractivity contribution in [3.05, 3.63) is 65.7 Å². The smallest absolute Gasteiger partial charge is 0.243 e. The van der Waals surface area contributed by atoms with Crippen LogP contribution >= 0.6 is 0 Å². The van der Waals surface area contributed by atoms with Gasteiger partial charge in [0.05, 0.1) is 30.1 Å². The number of fused-ring (bicyclic) bond motifs is 1. The van der Waals surface area contributed by atoms with E-state index in [4.69, 9.17) is 0 Å². The van der Waals surface area contributed by atoms with E-state index in [0.29, 0.717) is 5.92 Å². The third-order valence-corrected chi connectivity index (χ3v) is 7.97. The van der Waals surface area contributed by atoms with Gasteiger partial charge < -0.3 is 10.0 Å². The quantitative estimate of drug-likeness (QED) is 0.707. The molecule has 0 unspecified atom stereocenters. The van der Waals surface area contributed by atoms with Crippen LogP contribution in [0.15, 0.2) is 59.5 Å². The fourth-order valence-electron chi connectivity index (χ4n) is 4.54. The van der Waals surface area contributed by atoms with Crippen LogP contribution < -0.4 is 0 Å². The average Bonchev–Trinajstić information content (AvgIpc) is 2.76. The van der Waals surface area contributed by atoms with Gasteiger partial charge in [-0.25, -0.2) is 8.42 Å². The van der Waals surface area contributed by atoms with Gasteiger partial charge in [-0.05, 0) is 35.7 Å². The first kappa shape index (κ1) is 22.5. The van der Waals surface area contributed by atoms with E-state index in [9.17, 15) is 18.3 Å². The molecule has 2 aromatic rings.